The van der Waals surface area contributed by atoms with Crippen molar-refractivity contribution in [3.05, 3.63) is 0 Å². The quantitative estimate of drug-likeness (QED) is 0.197. The fourth-order valence-corrected chi connectivity index (χ4v) is 2.72. The molecule has 0 unspecified atom stereocenters. The molecule has 0 saturated heterocycles. The van der Waals surface area contributed by atoms with Gasteiger partial charge in [-0.2, -0.15) is 0 Å². The van der Waals surface area contributed by atoms with E-state index in [-0.39, 0.29) is 77.1 Å². The van der Waals surface area contributed by atoms with E-state index in [2.05, 4.69) is 16.8 Å². The molecule has 0 fully saturated rings. The van der Waals surface area contributed by atoms with Crippen LogP contribution in [0.5, 0.6) is 0 Å². The van der Waals surface area contributed by atoms with Gasteiger partial charge in [-0.1, -0.05) is 58.3 Å². The Morgan fingerprint density at radius 3 is 2.00 bits per heavy atom. The van der Waals surface area contributed by atoms with E-state index in [1.54, 1.807) is 0 Å². The molecule has 0 aromatic heterocycles. The number of aliphatic hydroxyl groups excluding tert-OH is 1. The average molecular weight is 426 g/mol. The van der Waals surface area contributed by atoms with Gasteiger partial charge in [0.1, 0.15) is 5.88 Å². The topological polar surface area (TPSA) is 103 Å². The van der Waals surface area contributed by atoms with Gasteiger partial charge in [0.25, 0.3) is 0 Å². The first kappa shape index (κ1) is 35.6. The van der Waals surface area contributed by atoms with Crippen LogP contribution < -0.4 is 59.1 Å². The van der Waals surface area contributed by atoms with Gasteiger partial charge in [0.2, 0.25) is 0 Å². The Bertz CT molecular complexity index is 351. The first-order valence-electron chi connectivity index (χ1n) is 9.32. The molecule has 1 aliphatic rings. The fourth-order valence-electron chi connectivity index (χ4n) is 2.72. The summed E-state index contributed by atoms with van der Waals surface area (Å²) in [6.45, 7) is 5.21. The van der Waals surface area contributed by atoms with E-state index < -0.39 is 5.97 Å². The molecule has 0 saturated carbocycles. The van der Waals surface area contributed by atoms with E-state index in [0.29, 0.717) is 0 Å². The van der Waals surface area contributed by atoms with Crippen LogP contribution in [0.25, 0.3) is 0 Å². The van der Waals surface area contributed by atoms with Crippen LogP contribution in [0.1, 0.15) is 71.1 Å². The molecule has 9 heteroatoms. The number of halogens is 1. The summed E-state index contributed by atoms with van der Waals surface area (Å²) in [5, 5.41) is 16.6. The average Bonchev–Trinajstić information content (AvgIpc) is 3.01. The Hall–Kier alpha value is 1.15. The molecule has 0 bridgehead atoms. The van der Waals surface area contributed by atoms with Crippen molar-refractivity contribution in [3.63, 3.8) is 0 Å². The number of amidine groups is 1. The maximum absolute atomic E-state index is 9.24. The van der Waals surface area contributed by atoms with E-state index in [1.807, 2.05) is 0 Å². The van der Waals surface area contributed by atoms with Gasteiger partial charge in [-0.15, -0.1) is 11.6 Å². The van der Waals surface area contributed by atoms with Crippen molar-refractivity contribution in [1.82, 2.24) is 4.90 Å². The summed E-state index contributed by atoms with van der Waals surface area (Å²) in [6.07, 6.45) is 13.5. The summed E-state index contributed by atoms with van der Waals surface area (Å²) < 4.78 is 0. The predicted molar refractivity (Wildman–Crippen MR) is 103 cm³/mol. The van der Waals surface area contributed by atoms with Crippen molar-refractivity contribution in [2.75, 3.05) is 32.1 Å². The van der Waals surface area contributed by atoms with Crippen LogP contribution in [0, 0.1) is 0 Å². The second kappa shape index (κ2) is 27.1. The number of carbonyl (C=O) groups is 1. The number of alkyl halides is 1. The number of carboxylic acids is 1. The molecule has 0 aromatic rings. The van der Waals surface area contributed by atoms with Gasteiger partial charge >= 0.3 is 65.1 Å². The SMILES string of the molecule is CCCCCCCCCCCC1=NCCN1CCO.O=C(O)CCl.[Na+].[Na+].[OH-]. The Morgan fingerprint density at radius 2 is 1.56 bits per heavy atom. The number of β-amino-alcohol motifs (C(OH)–C–C–N with tert-alkyl or cyclic N) is 1. The standard InChI is InChI=1S/C16H32N2O.C2H3ClO2.2Na.H2O/c1-2-3-4-5-6-7-8-9-10-11-16-17-12-13-18(16)14-15-19;3-1-2(4)5;;;/h19H,2-15H2,1H3;1H2,(H,4,5);;;1H2/q;;2*+1;/p-1. The van der Waals surface area contributed by atoms with Gasteiger partial charge in [0.15, 0.2) is 0 Å². The zero-order valence-electron chi connectivity index (χ0n) is 17.6. The largest absolute Gasteiger partial charge is 1.00 e. The number of aliphatic imine (C=N–C) groups is 1. The minimum atomic E-state index is -0.980. The van der Waals surface area contributed by atoms with Gasteiger partial charge in [0.05, 0.1) is 19.0 Å². The van der Waals surface area contributed by atoms with Gasteiger partial charge in [-0.05, 0) is 6.42 Å². The van der Waals surface area contributed by atoms with Crippen molar-refractivity contribution >= 4 is 23.4 Å². The molecule has 0 radical (unpaired) electrons. The molecule has 3 N–H and O–H groups in total. The molecular formula is C18H36ClN2Na2O4+. The monoisotopic (exact) mass is 425 g/mol. The van der Waals surface area contributed by atoms with Gasteiger partial charge in [0, 0.05) is 19.5 Å². The Kier molecular flexibility index (Phi) is 35.8. The molecule has 1 heterocycles. The van der Waals surface area contributed by atoms with Crippen molar-refractivity contribution in [2.24, 2.45) is 4.99 Å². The van der Waals surface area contributed by atoms with Crippen LogP contribution in [0.15, 0.2) is 4.99 Å². The van der Waals surface area contributed by atoms with Crippen LogP contribution in [-0.2, 0) is 4.79 Å². The third-order valence-electron chi connectivity index (χ3n) is 4.02. The normalized spacial score (nSPS) is 12.0. The molecule has 1 aliphatic heterocycles. The molecule has 0 aromatic carbocycles. The first-order valence-corrected chi connectivity index (χ1v) is 9.86. The molecule has 0 atom stereocenters. The molecule has 0 aliphatic carbocycles. The Labute approximate surface area is 214 Å². The summed E-state index contributed by atoms with van der Waals surface area (Å²) in [7, 11) is 0. The predicted octanol–water partition coefficient (Wildman–Crippen LogP) is -2.25. The minimum Gasteiger partial charge on any atom is -0.870 e. The fraction of sp³-hybridized carbons (Fsp3) is 0.889. The second-order valence-electron chi connectivity index (χ2n) is 6.11. The van der Waals surface area contributed by atoms with Crippen molar-refractivity contribution in [1.29, 1.82) is 0 Å². The molecule has 6 nitrogen and oxygen atoms in total. The first-order chi connectivity index (χ1) is 11.7. The molecular weight excluding hydrogens is 390 g/mol. The van der Waals surface area contributed by atoms with E-state index >= 15 is 0 Å². The summed E-state index contributed by atoms with van der Waals surface area (Å²) in [4.78, 5) is 16.0. The Morgan fingerprint density at radius 1 is 1.07 bits per heavy atom. The number of nitrogens with zero attached hydrogens (tertiary/aromatic N) is 2. The smallest absolute Gasteiger partial charge is 0.870 e. The number of unbranched alkanes of at least 4 members (excludes halogenated alkanes) is 8. The summed E-state index contributed by atoms with van der Waals surface area (Å²) in [6, 6.07) is 0. The number of aliphatic hydroxyl groups is 1. The summed E-state index contributed by atoms with van der Waals surface area (Å²) in [5.74, 6) is -0.0522. The van der Waals surface area contributed by atoms with Crippen molar-refractivity contribution in [2.45, 2.75) is 71.1 Å². The second-order valence-corrected chi connectivity index (χ2v) is 6.38. The van der Waals surface area contributed by atoms with Crippen molar-refractivity contribution in [3.8, 4) is 0 Å². The van der Waals surface area contributed by atoms with E-state index in [1.165, 1.54) is 63.6 Å². The van der Waals surface area contributed by atoms with Gasteiger partial charge in [-0.3, -0.25) is 9.79 Å². The van der Waals surface area contributed by atoms with Crippen LogP contribution in [0.3, 0.4) is 0 Å². The van der Waals surface area contributed by atoms with E-state index in [4.69, 9.17) is 21.8 Å². The van der Waals surface area contributed by atoms with Gasteiger partial charge in [-0.25, -0.2) is 0 Å². The maximum Gasteiger partial charge on any atom is 1.00 e. The molecule has 1 rings (SSSR count). The number of carboxylic acid groups (broad SMARTS) is 1. The molecule has 0 spiro atoms. The molecule has 150 valence electrons. The van der Waals surface area contributed by atoms with E-state index in [9.17, 15) is 4.79 Å². The zero-order valence-corrected chi connectivity index (χ0v) is 22.4. The Balaban J connectivity index is -0.000000294. The van der Waals surface area contributed by atoms with Crippen molar-refractivity contribution < 1.29 is 79.6 Å². The maximum atomic E-state index is 9.24. The molecule has 0 amide bonds. The number of hydrogen-bond donors (Lipinski definition) is 2. The third-order valence-corrected chi connectivity index (χ3v) is 4.25. The van der Waals surface area contributed by atoms with Crippen LogP contribution in [0.4, 0.5) is 0 Å². The number of rotatable bonds is 13. The van der Waals surface area contributed by atoms with Crippen LogP contribution >= 0.6 is 11.6 Å². The van der Waals surface area contributed by atoms with Crippen LogP contribution in [0.2, 0.25) is 0 Å². The number of hydrogen-bond acceptors (Lipinski definition) is 5. The summed E-state index contributed by atoms with van der Waals surface area (Å²) >= 11 is 4.74. The van der Waals surface area contributed by atoms with Crippen LogP contribution in [-0.4, -0.2) is 64.5 Å². The zero-order chi connectivity index (χ0) is 18.0. The minimum absolute atomic E-state index is 0. The van der Waals surface area contributed by atoms with Gasteiger partial charge < -0.3 is 20.6 Å². The number of aliphatic carboxylic acids is 1. The molecule has 27 heavy (non-hydrogen) atoms. The van der Waals surface area contributed by atoms with E-state index in [0.717, 1.165) is 26.1 Å². The summed E-state index contributed by atoms with van der Waals surface area (Å²) in [5.41, 5.74) is 0. The third kappa shape index (κ3) is 23.3.